The van der Waals surface area contributed by atoms with E-state index in [2.05, 4.69) is 4.98 Å². The van der Waals surface area contributed by atoms with Gasteiger partial charge in [0.05, 0.1) is 12.8 Å². The minimum absolute atomic E-state index is 0.0856. The lowest BCUT2D eigenvalue weighted by molar-refractivity contribution is 0.0719. The SMILES string of the molecule is COc1ccc(-c2cn3cc(C(=O)N4CCCCC4)nc3c(=O)n2CC2CC2)cc1. The van der Waals surface area contributed by atoms with Gasteiger partial charge in [0.25, 0.3) is 11.5 Å². The standard InChI is InChI=1S/C23H26N4O3/c1-30-18-9-7-17(8-10-18)20-15-26-14-19(22(28)25-11-3-2-4-12-25)24-21(26)23(29)27(20)13-16-5-6-16/h7-10,14-16H,2-6,11-13H2,1H3. The smallest absolute Gasteiger partial charge is 0.294 e. The molecule has 0 N–H and O–H groups in total. The molecule has 1 saturated carbocycles. The van der Waals surface area contributed by atoms with Gasteiger partial charge >= 0.3 is 0 Å². The van der Waals surface area contributed by atoms with Gasteiger partial charge in [-0.15, -0.1) is 0 Å². The van der Waals surface area contributed by atoms with Gasteiger partial charge in [0, 0.05) is 37.6 Å². The molecule has 3 heterocycles. The summed E-state index contributed by atoms with van der Waals surface area (Å²) in [4.78, 5) is 32.6. The summed E-state index contributed by atoms with van der Waals surface area (Å²) < 4.78 is 8.79. The van der Waals surface area contributed by atoms with Gasteiger partial charge in [-0.2, -0.15) is 0 Å². The van der Waals surface area contributed by atoms with Crippen LogP contribution in [0.5, 0.6) is 5.75 Å². The van der Waals surface area contributed by atoms with E-state index < -0.39 is 0 Å². The zero-order valence-corrected chi connectivity index (χ0v) is 17.2. The van der Waals surface area contributed by atoms with E-state index in [1.807, 2.05) is 39.9 Å². The van der Waals surface area contributed by atoms with Crippen molar-refractivity contribution in [2.75, 3.05) is 20.2 Å². The highest BCUT2D eigenvalue weighted by Gasteiger charge is 2.26. The van der Waals surface area contributed by atoms with Crippen molar-refractivity contribution >= 4 is 11.6 Å². The Morgan fingerprint density at radius 3 is 2.50 bits per heavy atom. The van der Waals surface area contributed by atoms with Gasteiger partial charge < -0.3 is 14.2 Å². The number of aromatic nitrogens is 3. The first-order valence-electron chi connectivity index (χ1n) is 10.7. The van der Waals surface area contributed by atoms with Crippen LogP contribution in [0.2, 0.25) is 0 Å². The van der Waals surface area contributed by atoms with E-state index in [4.69, 9.17) is 4.74 Å². The Labute approximate surface area is 174 Å². The number of carbonyl (C=O) groups excluding carboxylic acids is 1. The number of nitrogens with zero attached hydrogens (tertiary/aromatic N) is 4. The number of likely N-dealkylation sites (tertiary alicyclic amines) is 1. The van der Waals surface area contributed by atoms with E-state index in [1.54, 1.807) is 17.7 Å². The van der Waals surface area contributed by atoms with E-state index in [0.717, 1.165) is 62.2 Å². The molecule has 0 bridgehead atoms. The number of ether oxygens (including phenoxy) is 1. The minimum Gasteiger partial charge on any atom is -0.497 e. The predicted molar refractivity (Wildman–Crippen MR) is 114 cm³/mol. The van der Waals surface area contributed by atoms with Crippen LogP contribution in [0.3, 0.4) is 0 Å². The first kappa shape index (κ1) is 18.9. The number of carbonyl (C=O) groups is 1. The normalized spacial score (nSPS) is 16.8. The third-order valence-corrected chi connectivity index (χ3v) is 6.11. The highest BCUT2D eigenvalue weighted by atomic mass is 16.5. The molecule has 0 radical (unpaired) electrons. The molecule has 2 fully saturated rings. The molecular weight excluding hydrogens is 380 g/mol. The number of hydrogen-bond acceptors (Lipinski definition) is 4. The molecule has 1 aliphatic carbocycles. The lowest BCUT2D eigenvalue weighted by Gasteiger charge is -2.25. The maximum absolute atomic E-state index is 13.4. The molecule has 1 amide bonds. The quantitative estimate of drug-likeness (QED) is 0.653. The average molecular weight is 406 g/mol. The summed E-state index contributed by atoms with van der Waals surface area (Å²) in [5.74, 6) is 1.22. The van der Waals surface area contributed by atoms with Crippen LogP contribution in [0.1, 0.15) is 42.6 Å². The number of hydrogen-bond donors (Lipinski definition) is 0. The van der Waals surface area contributed by atoms with Gasteiger partial charge in [0.2, 0.25) is 5.65 Å². The molecule has 156 valence electrons. The largest absolute Gasteiger partial charge is 0.497 e. The number of piperidine rings is 1. The van der Waals surface area contributed by atoms with Crippen LogP contribution < -0.4 is 10.3 Å². The zero-order valence-electron chi connectivity index (χ0n) is 17.2. The van der Waals surface area contributed by atoms with Crippen molar-refractivity contribution in [2.45, 2.75) is 38.6 Å². The molecule has 2 aromatic heterocycles. The highest BCUT2D eigenvalue weighted by Crippen LogP contribution is 2.32. The number of imidazole rings is 1. The Morgan fingerprint density at radius 1 is 1.10 bits per heavy atom. The van der Waals surface area contributed by atoms with Crippen molar-refractivity contribution in [3.63, 3.8) is 0 Å². The Bertz CT molecular complexity index is 1140. The Morgan fingerprint density at radius 2 is 1.83 bits per heavy atom. The van der Waals surface area contributed by atoms with Gasteiger partial charge in [-0.25, -0.2) is 4.98 Å². The summed E-state index contributed by atoms with van der Waals surface area (Å²) in [6.45, 7) is 2.20. The fourth-order valence-electron chi connectivity index (χ4n) is 4.18. The predicted octanol–water partition coefficient (Wildman–Crippen LogP) is 3.21. The topological polar surface area (TPSA) is 68.8 Å². The van der Waals surface area contributed by atoms with Crippen LogP contribution >= 0.6 is 0 Å². The van der Waals surface area contributed by atoms with Gasteiger partial charge in [0.15, 0.2) is 0 Å². The van der Waals surface area contributed by atoms with Crippen LogP contribution in [0, 0.1) is 5.92 Å². The van der Waals surface area contributed by atoms with Gasteiger partial charge in [-0.1, -0.05) is 0 Å². The summed E-state index contributed by atoms with van der Waals surface area (Å²) in [5.41, 5.74) is 2.28. The lowest BCUT2D eigenvalue weighted by Crippen LogP contribution is -2.35. The monoisotopic (exact) mass is 406 g/mol. The first-order chi connectivity index (χ1) is 14.6. The fraction of sp³-hybridized carbons (Fsp3) is 0.435. The number of rotatable bonds is 5. The zero-order chi connectivity index (χ0) is 20.7. The maximum Gasteiger partial charge on any atom is 0.294 e. The summed E-state index contributed by atoms with van der Waals surface area (Å²) in [5, 5.41) is 0. The Balaban J connectivity index is 1.59. The van der Waals surface area contributed by atoms with Gasteiger partial charge in [-0.3, -0.25) is 14.0 Å². The third kappa shape index (κ3) is 3.49. The molecule has 30 heavy (non-hydrogen) atoms. The van der Waals surface area contributed by atoms with E-state index in [9.17, 15) is 9.59 Å². The highest BCUT2D eigenvalue weighted by molar-refractivity contribution is 5.93. The molecule has 0 spiro atoms. The molecule has 5 rings (SSSR count). The second kappa shape index (κ2) is 7.63. The molecule has 7 heteroatoms. The van der Waals surface area contributed by atoms with Crippen LogP contribution in [0.25, 0.3) is 16.9 Å². The maximum atomic E-state index is 13.4. The number of benzene rings is 1. The average Bonchev–Trinajstić information content (AvgIpc) is 3.51. The van der Waals surface area contributed by atoms with E-state index in [0.29, 0.717) is 23.8 Å². The summed E-state index contributed by atoms with van der Waals surface area (Å²) >= 11 is 0. The minimum atomic E-state index is -0.145. The van der Waals surface area contributed by atoms with Gasteiger partial charge in [-0.05, 0) is 62.3 Å². The molecule has 0 unspecified atom stereocenters. The number of fused-ring (bicyclic) bond motifs is 1. The van der Waals surface area contributed by atoms with Crippen molar-refractivity contribution in [3.05, 3.63) is 52.7 Å². The molecule has 7 nitrogen and oxygen atoms in total. The van der Waals surface area contributed by atoms with Crippen LogP contribution in [-0.4, -0.2) is 45.0 Å². The second-order valence-electron chi connectivity index (χ2n) is 8.31. The van der Waals surface area contributed by atoms with Crippen molar-refractivity contribution in [2.24, 2.45) is 5.92 Å². The van der Waals surface area contributed by atoms with Crippen molar-refractivity contribution in [1.82, 2.24) is 18.9 Å². The van der Waals surface area contributed by atoms with E-state index in [1.165, 1.54) is 0 Å². The van der Waals surface area contributed by atoms with Gasteiger partial charge in [0.1, 0.15) is 11.4 Å². The molecule has 0 atom stereocenters. The molecule has 3 aromatic rings. The number of amides is 1. The fourth-order valence-corrected chi connectivity index (χ4v) is 4.18. The molecule has 1 saturated heterocycles. The third-order valence-electron chi connectivity index (χ3n) is 6.11. The molecule has 2 aliphatic rings. The lowest BCUT2D eigenvalue weighted by atomic mass is 10.1. The summed E-state index contributed by atoms with van der Waals surface area (Å²) in [6.07, 6.45) is 9.11. The number of methoxy groups -OCH3 is 1. The first-order valence-corrected chi connectivity index (χ1v) is 10.7. The van der Waals surface area contributed by atoms with E-state index >= 15 is 0 Å². The van der Waals surface area contributed by atoms with Crippen molar-refractivity contribution in [1.29, 1.82) is 0 Å². The Hall–Kier alpha value is -3.09. The van der Waals surface area contributed by atoms with Crippen molar-refractivity contribution < 1.29 is 9.53 Å². The molecule has 1 aromatic carbocycles. The molecule has 1 aliphatic heterocycles. The molecular formula is C23H26N4O3. The van der Waals surface area contributed by atoms with E-state index in [-0.39, 0.29) is 11.5 Å². The van der Waals surface area contributed by atoms with Crippen molar-refractivity contribution in [3.8, 4) is 17.0 Å². The van der Waals surface area contributed by atoms with Crippen LogP contribution in [0.15, 0.2) is 41.5 Å². The summed E-state index contributed by atoms with van der Waals surface area (Å²) in [7, 11) is 1.64. The Kier molecular flexibility index (Phi) is 4.81. The van der Waals surface area contributed by atoms with Crippen LogP contribution in [-0.2, 0) is 6.54 Å². The second-order valence-corrected chi connectivity index (χ2v) is 8.31. The van der Waals surface area contributed by atoms with Crippen LogP contribution in [0.4, 0.5) is 0 Å². The summed E-state index contributed by atoms with van der Waals surface area (Å²) in [6, 6.07) is 7.70.